The summed E-state index contributed by atoms with van der Waals surface area (Å²) in [5.41, 5.74) is 2.90. The maximum Gasteiger partial charge on any atom is 0.251 e. The van der Waals surface area contributed by atoms with Gasteiger partial charge >= 0.3 is 0 Å². The molecule has 1 amide bonds. The smallest absolute Gasteiger partial charge is 0.251 e. The molecule has 0 radical (unpaired) electrons. The fourth-order valence-corrected chi connectivity index (χ4v) is 2.63. The summed E-state index contributed by atoms with van der Waals surface area (Å²) in [5.74, 6) is -0.155. The Balaban J connectivity index is 1.92. The van der Waals surface area contributed by atoms with Gasteiger partial charge in [-0.25, -0.2) is 0 Å². The molecule has 0 saturated heterocycles. The van der Waals surface area contributed by atoms with Crippen LogP contribution >= 0.6 is 0 Å². The van der Waals surface area contributed by atoms with Crippen LogP contribution in [0.5, 0.6) is 0 Å². The van der Waals surface area contributed by atoms with Crippen molar-refractivity contribution in [3.05, 3.63) is 65.5 Å². The zero-order valence-electron chi connectivity index (χ0n) is 15.3. The molecule has 0 bridgehead atoms. The zero-order chi connectivity index (χ0) is 18.3. The van der Waals surface area contributed by atoms with Crippen LogP contribution in [0.3, 0.4) is 0 Å². The van der Waals surface area contributed by atoms with E-state index in [1.54, 1.807) is 6.20 Å². The number of aromatic nitrogens is 1. The first-order valence-electron chi connectivity index (χ1n) is 8.85. The normalized spacial score (nSPS) is 12.6. The molecule has 2 aromatic rings. The van der Waals surface area contributed by atoms with E-state index in [-0.39, 0.29) is 23.8 Å². The highest BCUT2D eigenvalue weighted by Gasteiger charge is 2.18. The lowest BCUT2D eigenvalue weighted by atomic mass is 9.82. The van der Waals surface area contributed by atoms with Crippen molar-refractivity contribution < 1.29 is 9.90 Å². The molecule has 2 N–H and O–H groups in total. The first kappa shape index (κ1) is 19.1. The van der Waals surface area contributed by atoms with Gasteiger partial charge in [0.15, 0.2) is 0 Å². The molecule has 0 saturated carbocycles. The van der Waals surface area contributed by atoms with E-state index >= 15 is 0 Å². The number of carbonyl (C=O) groups excluding carboxylic acids is 1. The third-order valence-electron chi connectivity index (χ3n) is 4.85. The van der Waals surface area contributed by atoms with Crippen molar-refractivity contribution in [2.24, 2.45) is 5.92 Å². The second-order valence-corrected chi connectivity index (χ2v) is 7.10. The maximum absolute atomic E-state index is 12.3. The van der Waals surface area contributed by atoms with Crippen LogP contribution in [0.25, 0.3) is 0 Å². The molecule has 0 aliphatic carbocycles. The lowest BCUT2D eigenvalue weighted by molar-refractivity contribution is 0.0939. The van der Waals surface area contributed by atoms with Crippen LogP contribution in [-0.2, 0) is 11.8 Å². The molecule has 4 heteroatoms. The third-order valence-corrected chi connectivity index (χ3v) is 4.85. The summed E-state index contributed by atoms with van der Waals surface area (Å²) in [6.07, 6.45) is 3.42. The molecule has 134 valence electrons. The minimum atomic E-state index is -0.111. The van der Waals surface area contributed by atoms with Crippen molar-refractivity contribution in [3.8, 4) is 0 Å². The minimum absolute atomic E-state index is 0.0144. The van der Waals surface area contributed by atoms with Gasteiger partial charge in [-0.1, -0.05) is 39.0 Å². The van der Waals surface area contributed by atoms with Crippen LogP contribution in [-0.4, -0.2) is 29.1 Å². The fraction of sp³-hybridized carbons (Fsp3) is 0.429. The van der Waals surface area contributed by atoms with Gasteiger partial charge in [0, 0.05) is 36.5 Å². The van der Waals surface area contributed by atoms with Gasteiger partial charge in [0.25, 0.3) is 5.91 Å². The molecule has 1 heterocycles. The van der Waals surface area contributed by atoms with Gasteiger partial charge in [0.2, 0.25) is 0 Å². The highest BCUT2D eigenvalue weighted by Crippen LogP contribution is 2.26. The number of nitrogens with one attached hydrogen (secondary N) is 1. The topological polar surface area (TPSA) is 62.2 Å². The van der Waals surface area contributed by atoms with E-state index in [0.717, 1.165) is 12.1 Å². The summed E-state index contributed by atoms with van der Waals surface area (Å²) in [6.45, 7) is 7.00. The van der Waals surface area contributed by atoms with E-state index in [4.69, 9.17) is 0 Å². The first-order valence-corrected chi connectivity index (χ1v) is 8.85. The standard InChI is InChI=1S/C21H28N2O2/c1-4-21(2,3)18-10-8-17(9-11-18)20(25)23-14-16(15-24)13-19-7-5-6-12-22-19/h5-12,16,24H,4,13-15H2,1-3H3,(H,23,25). The molecule has 0 spiro atoms. The molecule has 2 rings (SSSR count). The second-order valence-electron chi connectivity index (χ2n) is 7.10. The van der Waals surface area contributed by atoms with Crippen LogP contribution < -0.4 is 5.32 Å². The molecule has 0 aliphatic rings. The van der Waals surface area contributed by atoms with Crippen molar-refractivity contribution in [3.63, 3.8) is 0 Å². The summed E-state index contributed by atoms with van der Waals surface area (Å²) in [4.78, 5) is 16.6. The number of pyridine rings is 1. The third kappa shape index (κ3) is 5.40. The van der Waals surface area contributed by atoms with Crippen LogP contribution in [0.15, 0.2) is 48.7 Å². The van der Waals surface area contributed by atoms with E-state index in [1.165, 1.54) is 5.56 Å². The summed E-state index contributed by atoms with van der Waals surface area (Å²) in [5, 5.41) is 12.5. The molecule has 0 aliphatic heterocycles. The van der Waals surface area contributed by atoms with Gasteiger partial charge in [-0.05, 0) is 48.1 Å². The van der Waals surface area contributed by atoms with Crippen molar-refractivity contribution in [2.45, 2.75) is 39.0 Å². The number of aliphatic hydroxyl groups excluding tert-OH is 1. The van der Waals surface area contributed by atoms with Gasteiger partial charge in [-0.2, -0.15) is 0 Å². The number of hydrogen-bond acceptors (Lipinski definition) is 3. The molecule has 1 unspecified atom stereocenters. The molecule has 25 heavy (non-hydrogen) atoms. The van der Waals surface area contributed by atoms with E-state index < -0.39 is 0 Å². The second kappa shape index (κ2) is 8.77. The predicted molar refractivity (Wildman–Crippen MR) is 101 cm³/mol. The highest BCUT2D eigenvalue weighted by atomic mass is 16.3. The van der Waals surface area contributed by atoms with E-state index in [0.29, 0.717) is 18.5 Å². The summed E-state index contributed by atoms with van der Waals surface area (Å²) >= 11 is 0. The Kier molecular flexibility index (Phi) is 6.71. The molecule has 1 atom stereocenters. The quantitative estimate of drug-likeness (QED) is 0.775. The van der Waals surface area contributed by atoms with E-state index in [1.807, 2.05) is 42.5 Å². The Bertz CT molecular complexity index is 666. The summed E-state index contributed by atoms with van der Waals surface area (Å²) in [6, 6.07) is 13.5. The molecule has 4 nitrogen and oxygen atoms in total. The van der Waals surface area contributed by atoms with E-state index in [2.05, 4.69) is 31.1 Å². The van der Waals surface area contributed by atoms with Gasteiger partial charge in [-0.15, -0.1) is 0 Å². The van der Waals surface area contributed by atoms with Gasteiger partial charge < -0.3 is 10.4 Å². The molecular formula is C21H28N2O2. The van der Waals surface area contributed by atoms with Gasteiger partial charge in [0.05, 0.1) is 0 Å². The number of carbonyl (C=O) groups is 1. The largest absolute Gasteiger partial charge is 0.396 e. The number of aliphatic hydroxyl groups is 1. The predicted octanol–water partition coefficient (Wildman–Crippen LogP) is 3.35. The Morgan fingerprint density at radius 2 is 1.92 bits per heavy atom. The lowest BCUT2D eigenvalue weighted by Gasteiger charge is -2.23. The van der Waals surface area contributed by atoms with Crippen molar-refractivity contribution in [2.75, 3.05) is 13.2 Å². The minimum Gasteiger partial charge on any atom is -0.396 e. The Labute approximate surface area is 150 Å². The average molecular weight is 340 g/mol. The first-order chi connectivity index (χ1) is 12.0. The van der Waals surface area contributed by atoms with Crippen LogP contribution in [0, 0.1) is 5.92 Å². The number of nitrogens with zero attached hydrogens (tertiary/aromatic N) is 1. The van der Waals surface area contributed by atoms with E-state index in [9.17, 15) is 9.90 Å². The Morgan fingerprint density at radius 1 is 1.20 bits per heavy atom. The number of rotatable bonds is 8. The average Bonchev–Trinajstić information content (AvgIpc) is 2.65. The molecular weight excluding hydrogens is 312 g/mol. The maximum atomic E-state index is 12.3. The monoisotopic (exact) mass is 340 g/mol. The van der Waals surface area contributed by atoms with Gasteiger partial charge in [0.1, 0.15) is 0 Å². The number of benzene rings is 1. The Morgan fingerprint density at radius 3 is 2.48 bits per heavy atom. The zero-order valence-corrected chi connectivity index (χ0v) is 15.3. The Hall–Kier alpha value is -2.20. The van der Waals surface area contributed by atoms with Crippen LogP contribution in [0.2, 0.25) is 0 Å². The van der Waals surface area contributed by atoms with Crippen molar-refractivity contribution >= 4 is 5.91 Å². The van der Waals surface area contributed by atoms with Crippen LogP contribution in [0.4, 0.5) is 0 Å². The number of hydrogen-bond donors (Lipinski definition) is 2. The van der Waals surface area contributed by atoms with Gasteiger partial charge in [-0.3, -0.25) is 9.78 Å². The molecule has 0 fully saturated rings. The summed E-state index contributed by atoms with van der Waals surface area (Å²) < 4.78 is 0. The SMILES string of the molecule is CCC(C)(C)c1ccc(C(=O)NCC(CO)Cc2ccccn2)cc1. The van der Waals surface area contributed by atoms with Crippen LogP contribution in [0.1, 0.15) is 48.8 Å². The number of amides is 1. The van der Waals surface area contributed by atoms with Crippen molar-refractivity contribution in [1.82, 2.24) is 10.3 Å². The molecule has 1 aromatic carbocycles. The summed E-state index contributed by atoms with van der Waals surface area (Å²) in [7, 11) is 0. The highest BCUT2D eigenvalue weighted by molar-refractivity contribution is 5.94. The van der Waals surface area contributed by atoms with Crippen molar-refractivity contribution in [1.29, 1.82) is 0 Å². The fourth-order valence-electron chi connectivity index (χ4n) is 2.63. The molecule has 1 aromatic heterocycles. The lowest BCUT2D eigenvalue weighted by Crippen LogP contribution is -2.32.